The standard InChI is InChI=1S/C34H59N3O4/c1-11-13-14-15-16-17-19-37(32(39)29(20-24(3)4)36-33(40)41-34(8,9)10)30(31(38)35-27(7)18-12-2)28-22-25(5)21-26(6)23-28/h21-24,27,29-30H,11-20H2,1-10H3,(H,35,38)(H,36,40). The summed E-state index contributed by atoms with van der Waals surface area (Å²) in [6.07, 6.45) is 8.01. The average Bonchev–Trinajstić information content (AvgIpc) is 2.82. The summed E-state index contributed by atoms with van der Waals surface area (Å²) in [5.41, 5.74) is 2.18. The number of hydrogen-bond donors (Lipinski definition) is 2. The minimum absolute atomic E-state index is 0.0155. The zero-order valence-corrected chi connectivity index (χ0v) is 27.7. The molecule has 3 unspecified atom stereocenters. The van der Waals surface area contributed by atoms with Crippen LogP contribution in [0.1, 0.15) is 136 Å². The number of rotatable bonds is 17. The highest BCUT2D eigenvalue weighted by Gasteiger charge is 2.36. The van der Waals surface area contributed by atoms with E-state index < -0.39 is 23.8 Å². The Kier molecular flexibility index (Phi) is 16.1. The molecule has 234 valence electrons. The molecule has 0 heterocycles. The van der Waals surface area contributed by atoms with Gasteiger partial charge in [-0.25, -0.2) is 4.79 Å². The van der Waals surface area contributed by atoms with Gasteiger partial charge in [-0.3, -0.25) is 9.59 Å². The third-order valence-electron chi connectivity index (χ3n) is 6.96. The Bertz CT molecular complexity index is 934. The quantitative estimate of drug-likeness (QED) is 0.186. The van der Waals surface area contributed by atoms with E-state index in [0.717, 1.165) is 55.2 Å². The predicted molar refractivity (Wildman–Crippen MR) is 169 cm³/mol. The van der Waals surface area contributed by atoms with E-state index in [-0.39, 0.29) is 23.8 Å². The maximum Gasteiger partial charge on any atom is 0.408 e. The summed E-state index contributed by atoms with van der Waals surface area (Å²) in [7, 11) is 0. The Morgan fingerprint density at radius 3 is 1.98 bits per heavy atom. The molecule has 0 radical (unpaired) electrons. The summed E-state index contributed by atoms with van der Waals surface area (Å²) in [6, 6.07) is 4.46. The maximum atomic E-state index is 14.4. The number of alkyl carbamates (subject to hydrolysis) is 1. The second-order valence-electron chi connectivity index (χ2n) is 13.1. The van der Waals surface area contributed by atoms with E-state index in [2.05, 4.69) is 30.5 Å². The summed E-state index contributed by atoms with van der Waals surface area (Å²) in [4.78, 5) is 43.0. The molecule has 0 bridgehead atoms. The highest BCUT2D eigenvalue weighted by molar-refractivity contribution is 5.92. The molecular weight excluding hydrogens is 514 g/mol. The minimum Gasteiger partial charge on any atom is -0.444 e. The van der Waals surface area contributed by atoms with Crippen molar-refractivity contribution in [3.8, 4) is 0 Å². The number of carbonyl (C=O) groups excluding carboxylic acids is 3. The van der Waals surface area contributed by atoms with E-state index in [1.807, 2.05) is 46.8 Å². The van der Waals surface area contributed by atoms with Crippen molar-refractivity contribution in [3.05, 3.63) is 34.9 Å². The largest absolute Gasteiger partial charge is 0.444 e. The van der Waals surface area contributed by atoms with Crippen molar-refractivity contribution >= 4 is 17.9 Å². The molecule has 7 heteroatoms. The van der Waals surface area contributed by atoms with Crippen molar-refractivity contribution in [2.24, 2.45) is 5.92 Å². The van der Waals surface area contributed by atoms with Crippen molar-refractivity contribution < 1.29 is 19.1 Å². The van der Waals surface area contributed by atoms with E-state index in [9.17, 15) is 14.4 Å². The van der Waals surface area contributed by atoms with Crippen LogP contribution in [-0.2, 0) is 14.3 Å². The molecule has 0 spiro atoms. The van der Waals surface area contributed by atoms with Gasteiger partial charge in [0.15, 0.2) is 0 Å². The normalized spacial score (nSPS) is 13.8. The fourth-order valence-corrected chi connectivity index (χ4v) is 5.24. The molecule has 3 amide bonds. The second-order valence-corrected chi connectivity index (χ2v) is 13.1. The van der Waals surface area contributed by atoms with Gasteiger partial charge in [-0.05, 0) is 72.3 Å². The van der Waals surface area contributed by atoms with Crippen LogP contribution >= 0.6 is 0 Å². The molecule has 0 aromatic heterocycles. The lowest BCUT2D eigenvalue weighted by atomic mass is 9.96. The third-order valence-corrected chi connectivity index (χ3v) is 6.96. The van der Waals surface area contributed by atoms with E-state index in [4.69, 9.17) is 4.74 Å². The molecule has 7 nitrogen and oxygen atoms in total. The Balaban J connectivity index is 3.54. The van der Waals surface area contributed by atoms with Crippen LogP contribution in [0.15, 0.2) is 18.2 Å². The fraction of sp³-hybridized carbons (Fsp3) is 0.735. The van der Waals surface area contributed by atoms with Crippen molar-refractivity contribution in [1.29, 1.82) is 0 Å². The molecule has 1 aromatic carbocycles. The number of carbonyl (C=O) groups is 3. The number of unbranched alkanes of at least 4 members (excludes halogenated alkanes) is 5. The van der Waals surface area contributed by atoms with E-state index in [1.54, 1.807) is 25.7 Å². The van der Waals surface area contributed by atoms with Gasteiger partial charge < -0.3 is 20.3 Å². The van der Waals surface area contributed by atoms with Gasteiger partial charge in [0.1, 0.15) is 17.7 Å². The zero-order chi connectivity index (χ0) is 31.2. The van der Waals surface area contributed by atoms with Gasteiger partial charge in [-0.15, -0.1) is 0 Å². The van der Waals surface area contributed by atoms with Crippen LogP contribution < -0.4 is 10.6 Å². The van der Waals surface area contributed by atoms with Crippen LogP contribution in [0.3, 0.4) is 0 Å². The highest BCUT2D eigenvalue weighted by atomic mass is 16.6. The van der Waals surface area contributed by atoms with Crippen LogP contribution in [0.25, 0.3) is 0 Å². The molecule has 0 aliphatic rings. The summed E-state index contributed by atoms with van der Waals surface area (Å²) in [5, 5.41) is 6.03. The monoisotopic (exact) mass is 573 g/mol. The SMILES string of the molecule is CCCCCCCCN(C(=O)C(CC(C)C)NC(=O)OC(C)(C)C)C(C(=O)NC(C)CCC)c1cc(C)cc(C)c1. The number of ether oxygens (including phenoxy) is 1. The first kappa shape index (κ1) is 36.5. The molecule has 1 rings (SSSR count). The van der Waals surface area contributed by atoms with E-state index in [0.29, 0.717) is 13.0 Å². The second kappa shape index (κ2) is 18.1. The van der Waals surface area contributed by atoms with Gasteiger partial charge in [0.2, 0.25) is 11.8 Å². The van der Waals surface area contributed by atoms with Crippen LogP contribution in [0.2, 0.25) is 0 Å². The molecule has 0 aliphatic carbocycles. The summed E-state index contributed by atoms with van der Waals surface area (Å²) in [5.74, 6) is -0.288. The molecule has 2 N–H and O–H groups in total. The van der Waals surface area contributed by atoms with E-state index in [1.165, 1.54) is 12.8 Å². The third kappa shape index (κ3) is 14.2. The molecule has 0 saturated heterocycles. The number of nitrogens with one attached hydrogen (secondary N) is 2. The fourth-order valence-electron chi connectivity index (χ4n) is 5.24. The van der Waals surface area contributed by atoms with Crippen LogP contribution in [0, 0.1) is 19.8 Å². The van der Waals surface area contributed by atoms with Crippen LogP contribution in [0.5, 0.6) is 0 Å². The number of benzene rings is 1. The lowest BCUT2D eigenvalue weighted by molar-refractivity contribution is -0.143. The number of nitrogens with zero attached hydrogens (tertiary/aromatic N) is 1. The number of hydrogen-bond acceptors (Lipinski definition) is 4. The Hall–Kier alpha value is -2.57. The van der Waals surface area contributed by atoms with E-state index >= 15 is 0 Å². The Labute approximate surface area is 250 Å². The van der Waals surface area contributed by atoms with Crippen molar-refractivity contribution in [2.75, 3.05) is 6.54 Å². The van der Waals surface area contributed by atoms with Gasteiger partial charge in [-0.1, -0.05) is 95.5 Å². The Morgan fingerprint density at radius 2 is 1.44 bits per heavy atom. The van der Waals surface area contributed by atoms with Gasteiger partial charge in [0, 0.05) is 12.6 Å². The lowest BCUT2D eigenvalue weighted by Crippen LogP contribution is -2.54. The summed E-state index contributed by atoms with van der Waals surface area (Å²) >= 11 is 0. The smallest absolute Gasteiger partial charge is 0.408 e. The molecule has 1 aromatic rings. The Morgan fingerprint density at radius 1 is 0.854 bits per heavy atom. The topological polar surface area (TPSA) is 87.7 Å². The minimum atomic E-state index is -0.806. The number of amides is 3. The molecular formula is C34H59N3O4. The van der Waals surface area contributed by atoms with Crippen molar-refractivity contribution in [1.82, 2.24) is 15.5 Å². The van der Waals surface area contributed by atoms with Gasteiger partial charge >= 0.3 is 6.09 Å². The molecule has 0 aliphatic heterocycles. The first-order valence-electron chi connectivity index (χ1n) is 15.9. The lowest BCUT2D eigenvalue weighted by Gasteiger charge is -2.36. The molecule has 41 heavy (non-hydrogen) atoms. The first-order valence-corrected chi connectivity index (χ1v) is 15.9. The summed E-state index contributed by atoms with van der Waals surface area (Å²) in [6.45, 7) is 20.2. The van der Waals surface area contributed by atoms with Crippen molar-refractivity contribution in [3.63, 3.8) is 0 Å². The molecule has 0 saturated carbocycles. The van der Waals surface area contributed by atoms with Crippen LogP contribution in [-0.4, -0.2) is 47.0 Å². The zero-order valence-electron chi connectivity index (χ0n) is 27.7. The average molecular weight is 574 g/mol. The molecule has 3 atom stereocenters. The summed E-state index contributed by atoms with van der Waals surface area (Å²) < 4.78 is 5.52. The highest BCUT2D eigenvalue weighted by Crippen LogP contribution is 2.27. The van der Waals surface area contributed by atoms with Gasteiger partial charge in [-0.2, -0.15) is 0 Å². The van der Waals surface area contributed by atoms with Crippen LogP contribution in [0.4, 0.5) is 4.79 Å². The maximum absolute atomic E-state index is 14.4. The van der Waals surface area contributed by atoms with Crippen molar-refractivity contribution in [2.45, 2.75) is 151 Å². The number of aryl methyl sites for hydroxylation is 2. The predicted octanol–water partition coefficient (Wildman–Crippen LogP) is 7.78. The first-order chi connectivity index (χ1) is 19.2. The van der Waals surface area contributed by atoms with Gasteiger partial charge in [0.25, 0.3) is 0 Å². The molecule has 0 fully saturated rings. The van der Waals surface area contributed by atoms with Gasteiger partial charge in [0.05, 0.1) is 0 Å².